The predicted molar refractivity (Wildman–Crippen MR) is 72.1 cm³/mol. The van der Waals surface area contributed by atoms with Gasteiger partial charge in [0.1, 0.15) is 11.5 Å². The number of carboxylic acid groups (broad SMARTS) is 1. The van der Waals surface area contributed by atoms with Crippen molar-refractivity contribution in [1.29, 1.82) is 0 Å². The third kappa shape index (κ3) is 3.27. The molecule has 8 heteroatoms. The molecule has 1 unspecified atom stereocenters. The van der Waals surface area contributed by atoms with Crippen LogP contribution in [0.1, 0.15) is 30.1 Å². The first-order chi connectivity index (χ1) is 9.82. The first kappa shape index (κ1) is 15.2. The molecule has 1 saturated heterocycles. The fourth-order valence-electron chi connectivity index (χ4n) is 2.34. The van der Waals surface area contributed by atoms with Gasteiger partial charge in [0.25, 0.3) is 5.69 Å². The summed E-state index contributed by atoms with van der Waals surface area (Å²) >= 11 is 0. The lowest BCUT2D eigenvalue weighted by Crippen LogP contribution is -2.43. The molecule has 0 radical (unpaired) electrons. The number of aromatic carboxylic acids is 1. The van der Waals surface area contributed by atoms with Crippen LogP contribution in [0.4, 0.5) is 15.8 Å². The molecular weight excluding hydrogens is 283 g/mol. The Morgan fingerprint density at radius 3 is 2.81 bits per heavy atom. The van der Waals surface area contributed by atoms with Crippen molar-refractivity contribution in [1.82, 2.24) is 0 Å². The molecule has 21 heavy (non-hydrogen) atoms. The molecule has 0 bridgehead atoms. The maximum atomic E-state index is 13.6. The molecule has 0 aliphatic carbocycles. The summed E-state index contributed by atoms with van der Waals surface area (Å²) in [5.74, 6) is -2.61. The number of hydrogen-bond donors (Lipinski definition) is 2. The normalized spacial score (nSPS) is 21.8. The van der Waals surface area contributed by atoms with Gasteiger partial charge < -0.3 is 15.2 Å². The van der Waals surface area contributed by atoms with E-state index in [9.17, 15) is 19.3 Å². The number of halogens is 1. The van der Waals surface area contributed by atoms with Crippen LogP contribution < -0.4 is 5.32 Å². The quantitative estimate of drug-likeness (QED) is 0.653. The monoisotopic (exact) mass is 298 g/mol. The third-order valence-electron chi connectivity index (χ3n) is 3.39. The number of hydrogen-bond acceptors (Lipinski definition) is 5. The summed E-state index contributed by atoms with van der Waals surface area (Å²) in [6, 6.07) is 1.58. The highest BCUT2D eigenvalue weighted by Crippen LogP contribution is 2.32. The third-order valence-corrected chi connectivity index (χ3v) is 3.39. The predicted octanol–water partition coefficient (Wildman–Crippen LogP) is 2.41. The number of rotatable bonds is 4. The van der Waals surface area contributed by atoms with Gasteiger partial charge in [0.2, 0.25) is 0 Å². The van der Waals surface area contributed by atoms with Crippen molar-refractivity contribution in [2.75, 3.05) is 18.5 Å². The van der Waals surface area contributed by atoms with E-state index in [-0.39, 0.29) is 5.69 Å². The van der Waals surface area contributed by atoms with Crippen molar-refractivity contribution in [3.8, 4) is 0 Å². The molecule has 1 aromatic rings. The summed E-state index contributed by atoms with van der Waals surface area (Å²) in [7, 11) is 0. The molecule has 0 saturated carbocycles. The molecule has 114 valence electrons. The molecule has 2 rings (SSSR count). The lowest BCUT2D eigenvalue weighted by atomic mass is 9.94. The Balaban J connectivity index is 2.42. The van der Waals surface area contributed by atoms with Crippen molar-refractivity contribution in [3.05, 3.63) is 33.6 Å². The molecule has 0 amide bonds. The van der Waals surface area contributed by atoms with Crippen LogP contribution in [0.15, 0.2) is 12.1 Å². The van der Waals surface area contributed by atoms with Crippen LogP contribution in [0.2, 0.25) is 0 Å². The van der Waals surface area contributed by atoms with Gasteiger partial charge in [-0.25, -0.2) is 9.18 Å². The summed E-state index contributed by atoms with van der Waals surface area (Å²) in [6.07, 6.45) is 1.49. The van der Waals surface area contributed by atoms with Crippen molar-refractivity contribution in [2.24, 2.45) is 0 Å². The van der Waals surface area contributed by atoms with Crippen LogP contribution in [0, 0.1) is 15.9 Å². The number of carbonyl (C=O) groups is 1. The molecule has 7 nitrogen and oxygen atoms in total. The van der Waals surface area contributed by atoms with Crippen molar-refractivity contribution >= 4 is 17.3 Å². The van der Waals surface area contributed by atoms with Crippen LogP contribution in [0.3, 0.4) is 0 Å². The molecule has 1 aromatic carbocycles. The fourth-order valence-corrected chi connectivity index (χ4v) is 2.34. The zero-order chi connectivity index (χ0) is 15.6. The maximum absolute atomic E-state index is 13.6. The number of nitrogens with one attached hydrogen (secondary N) is 1. The Morgan fingerprint density at radius 1 is 1.57 bits per heavy atom. The lowest BCUT2D eigenvalue weighted by Gasteiger charge is -2.35. The summed E-state index contributed by atoms with van der Waals surface area (Å²) in [5.41, 5.74) is -1.68. The molecule has 0 aromatic heterocycles. The Bertz CT molecular complexity index is 584. The minimum atomic E-state index is -1.48. The first-order valence-corrected chi connectivity index (χ1v) is 6.39. The van der Waals surface area contributed by atoms with Crippen LogP contribution in [0.5, 0.6) is 0 Å². The molecule has 0 spiro atoms. The van der Waals surface area contributed by atoms with Gasteiger partial charge in [-0.05, 0) is 25.8 Å². The summed E-state index contributed by atoms with van der Waals surface area (Å²) < 4.78 is 18.9. The Morgan fingerprint density at radius 2 is 2.29 bits per heavy atom. The van der Waals surface area contributed by atoms with Gasteiger partial charge >= 0.3 is 5.97 Å². The highest BCUT2D eigenvalue weighted by atomic mass is 19.1. The second-order valence-electron chi connectivity index (χ2n) is 5.25. The maximum Gasteiger partial charge on any atom is 0.338 e. The van der Waals surface area contributed by atoms with Gasteiger partial charge in [0.15, 0.2) is 0 Å². The topological polar surface area (TPSA) is 102 Å². The fraction of sp³-hybridized carbons (Fsp3) is 0.462. The van der Waals surface area contributed by atoms with E-state index in [1.54, 1.807) is 0 Å². The summed E-state index contributed by atoms with van der Waals surface area (Å²) in [6.45, 7) is 2.77. The van der Waals surface area contributed by atoms with E-state index < -0.39 is 33.5 Å². The number of nitro benzene ring substituents is 1. The number of anilines is 1. The Hall–Kier alpha value is -2.22. The van der Waals surface area contributed by atoms with Gasteiger partial charge in [0, 0.05) is 6.61 Å². The minimum Gasteiger partial charge on any atom is -0.478 e. The number of nitro groups is 1. The SMILES string of the molecule is CC1(Nc2cc(C(=O)O)c(F)cc2[N+](=O)[O-])CCCOC1. The van der Waals surface area contributed by atoms with E-state index in [0.717, 1.165) is 12.5 Å². The van der Waals surface area contributed by atoms with Crippen LogP contribution >= 0.6 is 0 Å². The van der Waals surface area contributed by atoms with E-state index in [1.165, 1.54) is 0 Å². The zero-order valence-corrected chi connectivity index (χ0v) is 11.4. The van der Waals surface area contributed by atoms with E-state index in [1.807, 2.05) is 6.92 Å². The average molecular weight is 298 g/mol. The molecule has 1 aliphatic rings. The Kier molecular flexibility index (Phi) is 4.08. The van der Waals surface area contributed by atoms with Gasteiger partial charge in [-0.15, -0.1) is 0 Å². The van der Waals surface area contributed by atoms with Crippen LogP contribution in [-0.4, -0.2) is 34.8 Å². The number of ether oxygens (including phenoxy) is 1. The van der Waals surface area contributed by atoms with Crippen LogP contribution in [-0.2, 0) is 4.74 Å². The number of carboxylic acids is 1. The van der Waals surface area contributed by atoms with E-state index in [0.29, 0.717) is 25.7 Å². The molecule has 1 fully saturated rings. The molecular formula is C13H15FN2O5. The smallest absolute Gasteiger partial charge is 0.338 e. The average Bonchev–Trinajstić information content (AvgIpc) is 2.40. The van der Waals surface area contributed by atoms with Gasteiger partial charge in [-0.2, -0.15) is 0 Å². The van der Waals surface area contributed by atoms with Crippen molar-refractivity contribution < 1.29 is 24.0 Å². The van der Waals surface area contributed by atoms with Crippen LogP contribution in [0.25, 0.3) is 0 Å². The minimum absolute atomic E-state index is 0.0215. The molecule has 2 N–H and O–H groups in total. The second-order valence-corrected chi connectivity index (χ2v) is 5.25. The number of nitrogens with zero attached hydrogens (tertiary/aromatic N) is 1. The van der Waals surface area contributed by atoms with E-state index in [2.05, 4.69) is 5.32 Å². The summed E-state index contributed by atoms with van der Waals surface area (Å²) in [5, 5.41) is 22.9. The first-order valence-electron chi connectivity index (χ1n) is 6.39. The molecule has 1 atom stereocenters. The summed E-state index contributed by atoms with van der Waals surface area (Å²) in [4.78, 5) is 21.2. The number of benzene rings is 1. The van der Waals surface area contributed by atoms with E-state index >= 15 is 0 Å². The standard InChI is InChI=1S/C13H15FN2O5/c1-13(3-2-4-21-7-13)15-10-5-8(12(17)18)9(14)6-11(10)16(19)20/h5-6,15H,2-4,7H2,1H3,(H,17,18). The lowest BCUT2D eigenvalue weighted by molar-refractivity contribution is -0.384. The van der Waals surface area contributed by atoms with Crippen molar-refractivity contribution in [3.63, 3.8) is 0 Å². The van der Waals surface area contributed by atoms with Gasteiger partial charge in [-0.1, -0.05) is 0 Å². The van der Waals surface area contributed by atoms with Crippen molar-refractivity contribution in [2.45, 2.75) is 25.3 Å². The second kappa shape index (κ2) is 5.65. The van der Waals surface area contributed by atoms with Gasteiger partial charge in [-0.3, -0.25) is 10.1 Å². The molecule has 1 aliphatic heterocycles. The largest absolute Gasteiger partial charge is 0.478 e. The van der Waals surface area contributed by atoms with Gasteiger partial charge in [0.05, 0.1) is 28.7 Å². The highest BCUT2D eigenvalue weighted by molar-refractivity contribution is 5.90. The Labute approximate surface area is 119 Å². The highest BCUT2D eigenvalue weighted by Gasteiger charge is 2.31. The molecule has 1 heterocycles. The van der Waals surface area contributed by atoms with E-state index in [4.69, 9.17) is 9.84 Å². The zero-order valence-electron chi connectivity index (χ0n) is 11.4.